The average molecular weight is 270 g/mol. The van der Waals surface area contributed by atoms with Crippen molar-refractivity contribution < 1.29 is 9.53 Å². The number of hydrogen-bond donors (Lipinski definition) is 2. The molecule has 0 atom stereocenters. The van der Waals surface area contributed by atoms with Gasteiger partial charge < -0.3 is 15.8 Å². The van der Waals surface area contributed by atoms with Gasteiger partial charge in [-0.05, 0) is 43.7 Å². The van der Waals surface area contributed by atoms with Crippen LogP contribution in [0.1, 0.15) is 22.8 Å². The van der Waals surface area contributed by atoms with Crippen molar-refractivity contribution >= 4 is 17.3 Å². The molecule has 0 unspecified atom stereocenters. The normalized spacial score (nSPS) is 10.1. The Morgan fingerprint density at radius 3 is 2.75 bits per heavy atom. The van der Waals surface area contributed by atoms with Crippen molar-refractivity contribution in [1.82, 2.24) is 0 Å². The fourth-order valence-corrected chi connectivity index (χ4v) is 1.93. The van der Waals surface area contributed by atoms with Crippen LogP contribution in [0.5, 0.6) is 5.75 Å². The van der Waals surface area contributed by atoms with E-state index in [0.717, 1.165) is 11.3 Å². The lowest BCUT2D eigenvalue weighted by Gasteiger charge is -2.09. The summed E-state index contributed by atoms with van der Waals surface area (Å²) in [7, 11) is 0. The third kappa shape index (κ3) is 3.51. The molecule has 2 aromatic carbocycles. The summed E-state index contributed by atoms with van der Waals surface area (Å²) >= 11 is 0. The Kier molecular flexibility index (Phi) is 4.25. The number of ether oxygens (including phenoxy) is 1. The maximum Gasteiger partial charge on any atom is 0.255 e. The smallest absolute Gasteiger partial charge is 0.255 e. The molecule has 0 aliphatic carbocycles. The van der Waals surface area contributed by atoms with Crippen LogP contribution in [0.2, 0.25) is 0 Å². The highest BCUT2D eigenvalue weighted by atomic mass is 16.5. The Balaban J connectivity index is 2.20. The predicted octanol–water partition coefficient (Wildman–Crippen LogP) is 3.23. The van der Waals surface area contributed by atoms with Crippen molar-refractivity contribution in [3.8, 4) is 5.75 Å². The van der Waals surface area contributed by atoms with Crippen LogP contribution in [0, 0.1) is 6.92 Å². The molecule has 1 amide bonds. The van der Waals surface area contributed by atoms with Gasteiger partial charge in [0.1, 0.15) is 5.75 Å². The quantitative estimate of drug-likeness (QED) is 0.838. The van der Waals surface area contributed by atoms with Gasteiger partial charge in [0.15, 0.2) is 0 Å². The number of rotatable bonds is 4. The van der Waals surface area contributed by atoms with E-state index in [2.05, 4.69) is 5.32 Å². The average Bonchev–Trinajstić information content (AvgIpc) is 2.38. The molecule has 2 rings (SSSR count). The first-order valence-corrected chi connectivity index (χ1v) is 6.50. The molecule has 0 spiro atoms. The lowest BCUT2D eigenvalue weighted by Crippen LogP contribution is -2.12. The summed E-state index contributed by atoms with van der Waals surface area (Å²) < 4.78 is 5.39. The van der Waals surface area contributed by atoms with Gasteiger partial charge >= 0.3 is 0 Å². The van der Waals surface area contributed by atoms with E-state index in [4.69, 9.17) is 10.5 Å². The first kappa shape index (κ1) is 13.9. The van der Waals surface area contributed by atoms with Crippen LogP contribution in [-0.2, 0) is 0 Å². The molecule has 0 radical (unpaired) electrons. The van der Waals surface area contributed by atoms with E-state index in [1.807, 2.05) is 38.1 Å². The summed E-state index contributed by atoms with van der Waals surface area (Å²) in [6, 6.07) is 12.7. The number of carbonyl (C=O) groups excluding carboxylic acids is 1. The Bertz CT molecular complexity index is 624. The minimum Gasteiger partial charge on any atom is -0.494 e. The number of carbonyl (C=O) groups is 1. The van der Waals surface area contributed by atoms with Gasteiger partial charge in [0.25, 0.3) is 5.91 Å². The molecular weight excluding hydrogens is 252 g/mol. The zero-order chi connectivity index (χ0) is 14.5. The van der Waals surface area contributed by atoms with E-state index < -0.39 is 0 Å². The maximum absolute atomic E-state index is 12.2. The Labute approximate surface area is 118 Å². The van der Waals surface area contributed by atoms with E-state index in [0.29, 0.717) is 23.6 Å². The van der Waals surface area contributed by atoms with E-state index >= 15 is 0 Å². The summed E-state index contributed by atoms with van der Waals surface area (Å²) in [5.41, 5.74) is 8.62. The fraction of sp³-hybridized carbons (Fsp3) is 0.188. The highest BCUT2D eigenvalue weighted by Crippen LogP contribution is 2.20. The number of anilines is 2. The summed E-state index contributed by atoms with van der Waals surface area (Å²) in [4.78, 5) is 12.2. The molecule has 0 fully saturated rings. The van der Waals surface area contributed by atoms with Gasteiger partial charge in [0.05, 0.1) is 6.61 Å². The van der Waals surface area contributed by atoms with Crippen molar-refractivity contribution in [1.29, 1.82) is 0 Å². The molecule has 104 valence electrons. The largest absolute Gasteiger partial charge is 0.494 e. The molecule has 0 saturated carbocycles. The summed E-state index contributed by atoms with van der Waals surface area (Å²) in [6.45, 7) is 4.39. The zero-order valence-electron chi connectivity index (χ0n) is 11.6. The van der Waals surface area contributed by atoms with Crippen molar-refractivity contribution in [2.75, 3.05) is 17.7 Å². The van der Waals surface area contributed by atoms with Crippen molar-refractivity contribution in [3.05, 3.63) is 53.6 Å². The molecule has 0 bridgehead atoms. The van der Waals surface area contributed by atoms with Crippen LogP contribution in [0.25, 0.3) is 0 Å². The lowest BCUT2D eigenvalue weighted by molar-refractivity contribution is 0.102. The molecule has 0 aliphatic rings. The van der Waals surface area contributed by atoms with E-state index in [9.17, 15) is 4.79 Å². The van der Waals surface area contributed by atoms with Gasteiger partial charge in [-0.3, -0.25) is 4.79 Å². The Hall–Kier alpha value is -2.49. The van der Waals surface area contributed by atoms with Gasteiger partial charge in [0.2, 0.25) is 0 Å². The van der Waals surface area contributed by atoms with Gasteiger partial charge in [-0.2, -0.15) is 0 Å². The lowest BCUT2D eigenvalue weighted by atomic mass is 10.1. The zero-order valence-corrected chi connectivity index (χ0v) is 11.6. The molecule has 2 aromatic rings. The van der Waals surface area contributed by atoms with E-state index in [1.165, 1.54) is 0 Å². The van der Waals surface area contributed by atoms with Crippen LogP contribution < -0.4 is 15.8 Å². The third-order valence-corrected chi connectivity index (χ3v) is 2.78. The summed E-state index contributed by atoms with van der Waals surface area (Å²) in [5, 5.41) is 2.85. The third-order valence-electron chi connectivity index (χ3n) is 2.78. The Morgan fingerprint density at radius 1 is 1.25 bits per heavy atom. The second kappa shape index (κ2) is 6.10. The molecule has 3 N–H and O–H groups in total. The highest BCUT2D eigenvalue weighted by Gasteiger charge is 2.09. The summed E-state index contributed by atoms with van der Waals surface area (Å²) in [5.74, 6) is 0.394. The molecule has 4 heteroatoms. The van der Waals surface area contributed by atoms with Gasteiger partial charge in [-0.1, -0.05) is 12.1 Å². The minimum atomic E-state index is -0.205. The molecule has 4 nitrogen and oxygen atoms in total. The second-order valence-electron chi connectivity index (χ2n) is 4.55. The maximum atomic E-state index is 12.2. The molecule has 0 aliphatic heterocycles. The van der Waals surface area contributed by atoms with Crippen LogP contribution in [0.4, 0.5) is 11.4 Å². The van der Waals surface area contributed by atoms with Crippen molar-refractivity contribution in [2.45, 2.75) is 13.8 Å². The number of amides is 1. The molecule has 20 heavy (non-hydrogen) atoms. The first-order valence-electron chi connectivity index (χ1n) is 6.50. The van der Waals surface area contributed by atoms with Gasteiger partial charge in [-0.25, -0.2) is 0 Å². The number of benzene rings is 2. The monoisotopic (exact) mass is 270 g/mol. The molecule has 0 saturated heterocycles. The molecule has 0 heterocycles. The van der Waals surface area contributed by atoms with Gasteiger partial charge in [0, 0.05) is 23.0 Å². The number of hydrogen-bond acceptors (Lipinski definition) is 3. The first-order chi connectivity index (χ1) is 9.58. The minimum absolute atomic E-state index is 0.205. The second-order valence-corrected chi connectivity index (χ2v) is 4.55. The number of aryl methyl sites for hydroxylation is 1. The molecule has 0 aromatic heterocycles. The number of nitrogens with two attached hydrogens (primary N) is 1. The number of nitrogen functional groups attached to an aromatic ring is 1. The number of nitrogens with one attached hydrogen (secondary N) is 1. The van der Waals surface area contributed by atoms with Crippen LogP contribution in [-0.4, -0.2) is 12.5 Å². The Morgan fingerprint density at radius 2 is 2.05 bits per heavy atom. The van der Waals surface area contributed by atoms with E-state index in [1.54, 1.807) is 18.2 Å². The van der Waals surface area contributed by atoms with Crippen molar-refractivity contribution in [2.24, 2.45) is 0 Å². The topological polar surface area (TPSA) is 64.3 Å². The van der Waals surface area contributed by atoms with Crippen LogP contribution in [0.15, 0.2) is 42.5 Å². The van der Waals surface area contributed by atoms with E-state index in [-0.39, 0.29) is 5.91 Å². The van der Waals surface area contributed by atoms with Crippen LogP contribution in [0.3, 0.4) is 0 Å². The SMILES string of the molecule is CCOc1cc(N)cc(C(=O)Nc2cccc(C)c2)c1. The summed E-state index contributed by atoms with van der Waals surface area (Å²) in [6.07, 6.45) is 0. The highest BCUT2D eigenvalue weighted by molar-refractivity contribution is 6.05. The van der Waals surface area contributed by atoms with Gasteiger partial charge in [-0.15, -0.1) is 0 Å². The fourth-order valence-electron chi connectivity index (χ4n) is 1.93. The standard InChI is InChI=1S/C16H18N2O2/c1-3-20-15-9-12(8-13(17)10-15)16(19)18-14-6-4-5-11(2)7-14/h4-10H,3,17H2,1-2H3,(H,18,19). The molecular formula is C16H18N2O2. The predicted molar refractivity (Wildman–Crippen MR) is 81.2 cm³/mol. The van der Waals surface area contributed by atoms with Crippen LogP contribution >= 0.6 is 0 Å². The van der Waals surface area contributed by atoms with Crippen molar-refractivity contribution in [3.63, 3.8) is 0 Å².